The molecule has 4 aromatic rings. The predicted molar refractivity (Wildman–Crippen MR) is 127 cm³/mol. The van der Waals surface area contributed by atoms with Gasteiger partial charge in [0.1, 0.15) is 6.04 Å². The molecule has 2 heterocycles. The van der Waals surface area contributed by atoms with E-state index in [-0.39, 0.29) is 13.0 Å². The number of nitrogens with zero attached hydrogens (tertiary/aromatic N) is 3. The molecule has 0 saturated heterocycles. The van der Waals surface area contributed by atoms with Crippen LogP contribution in [0.1, 0.15) is 49.0 Å². The largest absolute Gasteiger partial charge is 0.480 e. The summed E-state index contributed by atoms with van der Waals surface area (Å²) in [5.74, 6) is -1.18. The minimum absolute atomic E-state index is 0.156. The molecular formula is C24H25N3O4S. The topological polar surface area (TPSA) is 94.2 Å². The van der Waals surface area contributed by atoms with Gasteiger partial charge in [-0.15, -0.1) is 0 Å². The number of hydrogen-bond acceptors (Lipinski definition) is 5. The van der Waals surface area contributed by atoms with Crippen molar-refractivity contribution in [2.75, 3.05) is 0 Å². The molecule has 7 nitrogen and oxygen atoms in total. The van der Waals surface area contributed by atoms with Crippen LogP contribution in [-0.4, -0.2) is 24.6 Å². The number of benzene rings is 2. The van der Waals surface area contributed by atoms with Gasteiger partial charge in [0.05, 0.1) is 27.8 Å². The Morgan fingerprint density at radius 2 is 1.94 bits per heavy atom. The molecule has 4 rings (SSSR count). The van der Waals surface area contributed by atoms with E-state index in [2.05, 4.69) is 16.5 Å². The Morgan fingerprint density at radius 1 is 1.19 bits per heavy atom. The van der Waals surface area contributed by atoms with Gasteiger partial charge >= 0.3 is 11.7 Å². The molecule has 0 fully saturated rings. The number of carboxylic acid groups (broad SMARTS) is 1. The third kappa shape index (κ3) is 3.75. The fourth-order valence-corrected chi connectivity index (χ4v) is 5.27. The van der Waals surface area contributed by atoms with Crippen LogP contribution >= 0.6 is 11.5 Å². The van der Waals surface area contributed by atoms with Gasteiger partial charge in [-0.1, -0.05) is 38.0 Å². The number of aromatic nitrogens is 3. The van der Waals surface area contributed by atoms with Crippen LogP contribution < -0.4 is 11.2 Å². The predicted octanol–water partition coefficient (Wildman–Crippen LogP) is 4.25. The lowest BCUT2D eigenvalue weighted by molar-refractivity contribution is -0.141. The van der Waals surface area contributed by atoms with Crippen molar-refractivity contribution in [2.45, 2.75) is 52.6 Å². The standard InChI is InChI=1S/C24H25N3O4S/c1-4-5-9-19(23(29)30)27-22(28)16-8-6-7-10-18(16)26(24(27)31)13-17-21-15(3)11-14(2)12-20(21)32-25-17/h6-8,10-12,19H,4-5,9,13H2,1-3H3,(H,29,30). The number of carbonyl (C=O) groups is 1. The van der Waals surface area contributed by atoms with Gasteiger partial charge in [-0.2, -0.15) is 4.37 Å². The molecule has 32 heavy (non-hydrogen) atoms. The third-order valence-corrected chi connectivity index (χ3v) is 6.63. The van der Waals surface area contributed by atoms with Crippen LogP contribution in [0.4, 0.5) is 0 Å². The molecule has 0 amide bonds. The molecule has 2 aromatic heterocycles. The SMILES string of the molecule is CCCCC(C(=O)O)n1c(=O)c2ccccc2n(Cc2nsc3cc(C)cc(C)c23)c1=O. The zero-order chi connectivity index (χ0) is 23.0. The Morgan fingerprint density at radius 3 is 2.66 bits per heavy atom. The molecule has 0 radical (unpaired) electrons. The van der Waals surface area contributed by atoms with Crippen molar-refractivity contribution < 1.29 is 9.90 Å². The van der Waals surface area contributed by atoms with Crippen LogP contribution in [-0.2, 0) is 11.3 Å². The molecule has 8 heteroatoms. The quantitative estimate of drug-likeness (QED) is 0.453. The summed E-state index contributed by atoms with van der Waals surface area (Å²) in [6.07, 6.45) is 1.59. The van der Waals surface area contributed by atoms with E-state index in [0.29, 0.717) is 17.3 Å². The average Bonchev–Trinajstić information content (AvgIpc) is 3.16. The summed E-state index contributed by atoms with van der Waals surface area (Å²) in [6, 6.07) is 9.77. The maximum atomic E-state index is 13.6. The summed E-state index contributed by atoms with van der Waals surface area (Å²) in [4.78, 5) is 38.7. The van der Waals surface area contributed by atoms with Gasteiger partial charge in [0.25, 0.3) is 5.56 Å². The fourth-order valence-electron chi connectivity index (χ4n) is 4.31. The van der Waals surface area contributed by atoms with E-state index >= 15 is 0 Å². The van der Waals surface area contributed by atoms with E-state index < -0.39 is 23.3 Å². The number of para-hydroxylation sites is 1. The number of rotatable bonds is 7. The van der Waals surface area contributed by atoms with E-state index in [1.165, 1.54) is 16.1 Å². The van der Waals surface area contributed by atoms with Crippen LogP contribution in [0.5, 0.6) is 0 Å². The second kappa shape index (κ2) is 8.70. The normalized spacial score (nSPS) is 12.5. The van der Waals surface area contributed by atoms with Crippen molar-refractivity contribution in [3.05, 3.63) is 74.1 Å². The summed E-state index contributed by atoms with van der Waals surface area (Å²) in [5, 5.41) is 11.1. The Kier molecular flexibility index (Phi) is 5.97. The van der Waals surface area contributed by atoms with Gasteiger partial charge in [0.15, 0.2) is 0 Å². The Labute approximate surface area is 188 Å². The highest BCUT2D eigenvalue weighted by atomic mass is 32.1. The Hall–Kier alpha value is -3.26. The van der Waals surface area contributed by atoms with Crippen molar-refractivity contribution in [1.29, 1.82) is 0 Å². The number of aryl methyl sites for hydroxylation is 2. The Bertz CT molecular complexity index is 1450. The first-order valence-corrected chi connectivity index (χ1v) is 11.4. The Balaban J connectivity index is 1.97. The van der Waals surface area contributed by atoms with Crippen molar-refractivity contribution >= 4 is 38.5 Å². The highest BCUT2D eigenvalue weighted by Crippen LogP contribution is 2.28. The monoisotopic (exact) mass is 451 g/mol. The molecule has 0 saturated carbocycles. The van der Waals surface area contributed by atoms with Crippen molar-refractivity contribution in [3.63, 3.8) is 0 Å². The highest BCUT2D eigenvalue weighted by Gasteiger charge is 2.26. The van der Waals surface area contributed by atoms with Crippen LogP contribution in [0.25, 0.3) is 21.0 Å². The van der Waals surface area contributed by atoms with Gasteiger partial charge in [0.2, 0.25) is 0 Å². The van der Waals surface area contributed by atoms with Gasteiger partial charge in [-0.25, -0.2) is 14.2 Å². The van der Waals surface area contributed by atoms with E-state index in [0.717, 1.165) is 37.9 Å². The number of carboxylic acids is 1. The summed E-state index contributed by atoms with van der Waals surface area (Å²) >= 11 is 1.37. The van der Waals surface area contributed by atoms with Crippen LogP contribution in [0.3, 0.4) is 0 Å². The second-order valence-corrected chi connectivity index (χ2v) is 8.95. The van der Waals surface area contributed by atoms with Gasteiger partial charge in [-0.05, 0) is 61.1 Å². The number of hydrogen-bond donors (Lipinski definition) is 1. The molecule has 0 aliphatic heterocycles. The van der Waals surface area contributed by atoms with Gasteiger partial charge in [0, 0.05) is 5.39 Å². The number of fused-ring (bicyclic) bond motifs is 2. The summed E-state index contributed by atoms with van der Waals surface area (Å²) in [6.45, 7) is 6.14. The lowest BCUT2D eigenvalue weighted by Crippen LogP contribution is -2.44. The van der Waals surface area contributed by atoms with Crippen molar-refractivity contribution in [3.8, 4) is 0 Å². The second-order valence-electron chi connectivity index (χ2n) is 8.14. The first-order chi connectivity index (χ1) is 15.3. The van der Waals surface area contributed by atoms with Crippen molar-refractivity contribution in [1.82, 2.24) is 13.5 Å². The fraction of sp³-hybridized carbons (Fsp3) is 0.333. The van der Waals surface area contributed by atoms with E-state index in [1.807, 2.05) is 20.8 Å². The molecule has 1 atom stereocenters. The summed E-state index contributed by atoms with van der Waals surface area (Å²) < 4.78 is 8.02. The van der Waals surface area contributed by atoms with Crippen molar-refractivity contribution in [2.24, 2.45) is 0 Å². The molecule has 1 unspecified atom stereocenters. The zero-order valence-corrected chi connectivity index (χ0v) is 19.1. The molecule has 166 valence electrons. The average molecular weight is 452 g/mol. The zero-order valence-electron chi connectivity index (χ0n) is 18.3. The first kappa shape index (κ1) is 22.0. The van der Waals surface area contributed by atoms with E-state index in [4.69, 9.17) is 0 Å². The molecular weight excluding hydrogens is 426 g/mol. The first-order valence-electron chi connectivity index (χ1n) is 10.7. The number of unbranched alkanes of at least 4 members (excludes halogenated alkanes) is 1. The van der Waals surface area contributed by atoms with Crippen LogP contribution in [0, 0.1) is 13.8 Å². The van der Waals surface area contributed by atoms with Crippen LogP contribution in [0.2, 0.25) is 0 Å². The smallest absolute Gasteiger partial charge is 0.332 e. The summed E-state index contributed by atoms with van der Waals surface area (Å²) in [7, 11) is 0. The number of aliphatic carboxylic acids is 1. The lowest BCUT2D eigenvalue weighted by Gasteiger charge is -2.18. The maximum Gasteiger partial charge on any atom is 0.332 e. The third-order valence-electron chi connectivity index (χ3n) is 5.80. The molecule has 1 N–H and O–H groups in total. The lowest BCUT2D eigenvalue weighted by atomic mass is 10.1. The molecule has 2 aromatic carbocycles. The molecule has 0 spiro atoms. The minimum Gasteiger partial charge on any atom is -0.480 e. The molecule has 0 aliphatic carbocycles. The van der Waals surface area contributed by atoms with E-state index in [9.17, 15) is 19.5 Å². The molecule has 0 aliphatic rings. The summed E-state index contributed by atoms with van der Waals surface area (Å²) in [5.41, 5.74) is 2.23. The van der Waals surface area contributed by atoms with E-state index in [1.54, 1.807) is 24.3 Å². The highest BCUT2D eigenvalue weighted by molar-refractivity contribution is 7.13. The van der Waals surface area contributed by atoms with Gasteiger partial charge < -0.3 is 5.11 Å². The molecule has 0 bridgehead atoms. The van der Waals surface area contributed by atoms with Crippen LogP contribution in [0.15, 0.2) is 46.0 Å². The minimum atomic E-state index is -1.21. The van der Waals surface area contributed by atoms with Gasteiger partial charge in [-0.3, -0.25) is 9.36 Å². The maximum absolute atomic E-state index is 13.6.